The first kappa shape index (κ1) is 21.1. The molecule has 10 heteroatoms. The zero-order valence-corrected chi connectivity index (χ0v) is 16.8. The Bertz CT molecular complexity index is 825. The molecule has 0 saturated carbocycles. The Morgan fingerprint density at radius 1 is 1.41 bits per heavy atom. The second-order valence-corrected chi connectivity index (χ2v) is 8.40. The van der Waals surface area contributed by atoms with Gasteiger partial charge in [-0.3, -0.25) is 9.59 Å². The fourth-order valence-electron chi connectivity index (χ4n) is 4.80. The number of urea groups is 1. The van der Waals surface area contributed by atoms with Crippen molar-refractivity contribution < 1.29 is 23.7 Å². The van der Waals surface area contributed by atoms with E-state index in [0.29, 0.717) is 31.4 Å². The number of nitrogens with zero attached hydrogens (tertiary/aromatic N) is 2. The summed E-state index contributed by atoms with van der Waals surface area (Å²) in [4.78, 5) is 58.4. The van der Waals surface area contributed by atoms with Gasteiger partial charge < -0.3 is 21.8 Å². The molecule has 10 nitrogen and oxygen atoms in total. The van der Waals surface area contributed by atoms with E-state index in [4.69, 9.17) is 11.5 Å². The lowest BCUT2D eigenvalue weighted by Crippen LogP contribution is -2.75. The number of imidazole rings is 1. The average molecular weight is 405 g/mol. The van der Waals surface area contributed by atoms with Gasteiger partial charge in [-0.2, -0.15) is 4.48 Å². The van der Waals surface area contributed by atoms with E-state index >= 15 is 0 Å². The minimum Gasteiger partial charge on any atom is -0.348 e. The molecule has 6 N–H and O–H groups in total. The number of aromatic nitrogens is 2. The lowest BCUT2D eigenvalue weighted by atomic mass is 9.79. The number of quaternary nitrogens is 1. The Balaban J connectivity index is 1.95. The highest BCUT2D eigenvalue weighted by Gasteiger charge is 2.67. The molecule has 158 valence electrons. The lowest BCUT2D eigenvalue weighted by molar-refractivity contribution is -0.802. The molecule has 1 aromatic heterocycles. The number of nitrogens with two attached hydrogens (primary N) is 2. The van der Waals surface area contributed by atoms with Crippen LogP contribution < -0.4 is 16.8 Å². The molecule has 2 aliphatic rings. The number of hydrogen-bond acceptors (Lipinski definition) is 6. The zero-order chi connectivity index (χ0) is 21.4. The summed E-state index contributed by atoms with van der Waals surface area (Å²) in [6.45, 7) is 3.59. The van der Waals surface area contributed by atoms with Crippen molar-refractivity contribution >= 4 is 23.6 Å². The first-order valence-electron chi connectivity index (χ1n) is 9.92. The molecule has 2 saturated heterocycles. The Morgan fingerprint density at radius 2 is 2.14 bits per heavy atom. The molecule has 0 aromatic carbocycles. The number of carbonyl (C=O) groups excluding carboxylic acids is 4. The van der Waals surface area contributed by atoms with Gasteiger partial charge in [-0.1, -0.05) is 6.92 Å². The summed E-state index contributed by atoms with van der Waals surface area (Å²) in [5.74, 6) is -1.23. The summed E-state index contributed by atoms with van der Waals surface area (Å²) in [5.41, 5.74) is 11.2. The molecule has 2 fully saturated rings. The monoisotopic (exact) mass is 405 g/mol. The molecule has 0 spiro atoms. The van der Waals surface area contributed by atoms with Gasteiger partial charge in [-0.05, 0) is 19.3 Å². The first-order valence-corrected chi connectivity index (χ1v) is 9.92. The third-order valence-electron chi connectivity index (χ3n) is 6.59. The van der Waals surface area contributed by atoms with E-state index < -0.39 is 34.0 Å². The number of H-pyrrole nitrogens is 1. The van der Waals surface area contributed by atoms with Crippen LogP contribution in [0.2, 0.25) is 0 Å². The fourth-order valence-corrected chi connectivity index (χ4v) is 4.80. The molecule has 3 unspecified atom stereocenters. The van der Waals surface area contributed by atoms with Crippen molar-refractivity contribution in [2.45, 2.75) is 63.6 Å². The van der Waals surface area contributed by atoms with Gasteiger partial charge in [-0.25, -0.2) is 14.6 Å². The number of likely N-dealkylation sites (tertiary alicyclic amines) is 1. The van der Waals surface area contributed by atoms with Crippen LogP contribution in [0.5, 0.6) is 0 Å². The van der Waals surface area contributed by atoms with Gasteiger partial charge in [0.15, 0.2) is 5.54 Å². The molecule has 1 aromatic rings. The van der Waals surface area contributed by atoms with Crippen LogP contribution in [-0.4, -0.2) is 62.2 Å². The molecule has 0 aliphatic carbocycles. The number of amides is 4. The molecule has 0 bridgehead atoms. The molecule has 3 heterocycles. The maximum atomic E-state index is 13.6. The van der Waals surface area contributed by atoms with Gasteiger partial charge in [0.05, 0.1) is 18.9 Å². The van der Waals surface area contributed by atoms with Crippen LogP contribution in [-0.2, 0) is 20.8 Å². The van der Waals surface area contributed by atoms with E-state index in [1.807, 2.05) is 6.92 Å². The summed E-state index contributed by atoms with van der Waals surface area (Å²) in [7, 11) is 0. The van der Waals surface area contributed by atoms with Crippen molar-refractivity contribution in [3.8, 4) is 0 Å². The number of ketones is 1. The third-order valence-corrected chi connectivity index (χ3v) is 6.59. The topological polar surface area (TPSA) is 161 Å². The Morgan fingerprint density at radius 3 is 2.76 bits per heavy atom. The van der Waals surface area contributed by atoms with Crippen molar-refractivity contribution in [3.05, 3.63) is 18.2 Å². The lowest BCUT2D eigenvalue weighted by Gasteiger charge is -2.43. The summed E-state index contributed by atoms with van der Waals surface area (Å²) in [5, 5.41) is 2.74. The molecular formula is C19H29N6O4+. The predicted octanol–water partition coefficient (Wildman–Crippen LogP) is -0.262. The van der Waals surface area contributed by atoms with Gasteiger partial charge >= 0.3 is 11.9 Å². The summed E-state index contributed by atoms with van der Waals surface area (Å²) in [6, 6.07) is -2.68. The first-order chi connectivity index (χ1) is 13.6. The van der Waals surface area contributed by atoms with E-state index in [1.54, 1.807) is 13.1 Å². The highest BCUT2D eigenvalue weighted by Crippen LogP contribution is 2.41. The highest BCUT2D eigenvalue weighted by molar-refractivity contribution is 6.00. The smallest absolute Gasteiger partial charge is 0.348 e. The van der Waals surface area contributed by atoms with E-state index in [2.05, 4.69) is 15.3 Å². The molecule has 3 rings (SSSR count). The Kier molecular flexibility index (Phi) is 5.59. The van der Waals surface area contributed by atoms with Crippen LogP contribution in [0.3, 0.4) is 0 Å². The number of Topliss-reactive ketones (excluding diaryl/α,β-unsaturated/α-hetero) is 1. The number of hydrogen-bond donors (Lipinski definition) is 4. The molecule has 0 radical (unpaired) electrons. The maximum Gasteiger partial charge on any atom is 0.422 e. The van der Waals surface area contributed by atoms with Crippen molar-refractivity contribution in [1.82, 2.24) is 15.3 Å². The Labute approximate surface area is 169 Å². The van der Waals surface area contributed by atoms with Gasteiger partial charge in [0.2, 0.25) is 11.7 Å². The average Bonchev–Trinajstić information content (AvgIpc) is 3.31. The van der Waals surface area contributed by atoms with Crippen LogP contribution >= 0.6 is 0 Å². The van der Waals surface area contributed by atoms with Crippen LogP contribution in [0.1, 0.15) is 45.2 Å². The summed E-state index contributed by atoms with van der Waals surface area (Å²) < 4.78 is -0.819. The summed E-state index contributed by atoms with van der Waals surface area (Å²) >= 11 is 0. The van der Waals surface area contributed by atoms with Gasteiger partial charge in [-0.15, -0.1) is 0 Å². The quantitative estimate of drug-likeness (QED) is 0.493. The van der Waals surface area contributed by atoms with E-state index in [9.17, 15) is 19.2 Å². The predicted molar refractivity (Wildman–Crippen MR) is 103 cm³/mol. The molecule has 2 aliphatic heterocycles. The number of rotatable bonds is 5. The fraction of sp³-hybridized carbons (Fsp3) is 0.632. The second kappa shape index (κ2) is 7.68. The number of aromatic amines is 1. The minimum absolute atomic E-state index is 0.0961. The van der Waals surface area contributed by atoms with Crippen molar-refractivity contribution in [3.63, 3.8) is 0 Å². The van der Waals surface area contributed by atoms with Crippen molar-refractivity contribution in [2.75, 3.05) is 6.54 Å². The van der Waals surface area contributed by atoms with Crippen molar-refractivity contribution in [2.24, 2.45) is 17.4 Å². The molecular weight excluding hydrogens is 376 g/mol. The van der Waals surface area contributed by atoms with Gasteiger partial charge in [0.25, 0.3) is 0 Å². The summed E-state index contributed by atoms with van der Waals surface area (Å²) in [6.07, 6.45) is 4.89. The van der Waals surface area contributed by atoms with Gasteiger partial charge in [0, 0.05) is 37.6 Å². The number of primary amides is 1. The standard InChI is InChI=1S/C19H28N6O4/c1-11-4-5-14(26)24-15(11)16(27)19(2)6-3-7-25(19,18(21)29)17(28)13(20)8-12-9-22-10-23-12/h9-11,13,15H,3-8,20H2,1-2H3,(H3-,21,22,23,24,26,29)/p+1/t11?,13-,15?,19+,25?/m0/s1. The number of piperidine rings is 1. The number of imide groups is 1. The number of nitrogens with one attached hydrogen (secondary N) is 2. The molecule has 29 heavy (non-hydrogen) atoms. The molecule has 4 amide bonds. The van der Waals surface area contributed by atoms with Crippen LogP contribution in [0, 0.1) is 5.92 Å². The van der Waals surface area contributed by atoms with Crippen molar-refractivity contribution in [1.29, 1.82) is 0 Å². The zero-order valence-electron chi connectivity index (χ0n) is 16.8. The van der Waals surface area contributed by atoms with E-state index in [0.717, 1.165) is 0 Å². The SMILES string of the molecule is CC1CCC(=O)NC1C(=O)[C@@]1(C)CCC[N+]1(C(N)=O)C(=O)[C@@H](N)Cc1cnc[nH]1. The minimum atomic E-state index is -1.38. The number of carbonyl (C=O) groups is 4. The Hall–Kier alpha value is -2.59. The van der Waals surface area contributed by atoms with Crippen LogP contribution in [0.25, 0.3) is 0 Å². The van der Waals surface area contributed by atoms with Crippen LogP contribution in [0.4, 0.5) is 4.79 Å². The second-order valence-electron chi connectivity index (χ2n) is 8.40. The highest BCUT2D eigenvalue weighted by atomic mass is 16.2. The molecule has 5 atom stereocenters. The third kappa shape index (κ3) is 3.36. The van der Waals surface area contributed by atoms with E-state index in [-0.39, 0.29) is 30.6 Å². The largest absolute Gasteiger partial charge is 0.422 e. The maximum absolute atomic E-state index is 13.6. The van der Waals surface area contributed by atoms with Gasteiger partial charge in [0.1, 0.15) is 6.04 Å². The van der Waals surface area contributed by atoms with E-state index in [1.165, 1.54) is 6.33 Å². The normalized spacial score (nSPS) is 33.1. The van der Waals surface area contributed by atoms with Crippen LogP contribution in [0.15, 0.2) is 12.5 Å².